The van der Waals surface area contributed by atoms with Crippen LogP contribution in [-0.2, 0) is 4.79 Å². The molecule has 1 aliphatic carbocycles. The highest BCUT2D eigenvalue weighted by molar-refractivity contribution is 8.04. The van der Waals surface area contributed by atoms with E-state index < -0.39 is 17.4 Å². The second-order valence-corrected chi connectivity index (χ2v) is 7.19. The van der Waals surface area contributed by atoms with Gasteiger partial charge < -0.3 is 15.5 Å². The molecule has 24 heavy (non-hydrogen) atoms. The number of fused-ring (bicyclic) bond motifs is 1. The van der Waals surface area contributed by atoms with Crippen LogP contribution in [0.1, 0.15) is 34.7 Å². The molecule has 1 amide bonds. The number of aromatic nitrogens is 2. The zero-order valence-corrected chi connectivity index (χ0v) is 14.1. The summed E-state index contributed by atoms with van der Waals surface area (Å²) in [5.74, 6) is -0.826. The molecule has 1 aliphatic rings. The monoisotopic (exact) mass is 353 g/mol. The van der Waals surface area contributed by atoms with Gasteiger partial charge in [-0.15, -0.1) is 11.8 Å². The van der Waals surface area contributed by atoms with Crippen LogP contribution in [0.2, 0.25) is 0 Å². The lowest BCUT2D eigenvalue weighted by Crippen LogP contribution is -2.46. The molecule has 8 nitrogen and oxygen atoms in total. The van der Waals surface area contributed by atoms with Gasteiger partial charge in [-0.2, -0.15) is 5.10 Å². The van der Waals surface area contributed by atoms with Crippen LogP contribution in [0, 0.1) is 5.41 Å². The molecule has 0 fully saturated rings. The normalized spacial score (nSPS) is 15.8. The summed E-state index contributed by atoms with van der Waals surface area (Å²) in [7, 11) is 0. The number of ketones is 2. The molecule has 1 aromatic heterocycles. The molecule has 0 radical (unpaired) electrons. The Morgan fingerprint density at radius 2 is 2.17 bits per heavy atom. The van der Waals surface area contributed by atoms with Crippen molar-refractivity contribution in [2.75, 3.05) is 18.9 Å². The maximum atomic E-state index is 12.2. The van der Waals surface area contributed by atoms with Gasteiger partial charge >= 0.3 is 0 Å². The summed E-state index contributed by atoms with van der Waals surface area (Å²) in [4.78, 5) is 36.1. The maximum Gasteiger partial charge on any atom is 0.249 e. The Balaban J connectivity index is 1.84. The van der Waals surface area contributed by atoms with Crippen LogP contribution in [0.5, 0.6) is 0 Å². The molecule has 0 saturated heterocycles. The molecular weight excluding hydrogens is 334 g/mol. The molecule has 1 unspecified atom stereocenters. The summed E-state index contributed by atoms with van der Waals surface area (Å²) in [5, 5.41) is 27.7. The Hall–Kier alpha value is -1.97. The molecule has 0 saturated carbocycles. The molecule has 2 rings (SSSR count). The van der Waals surface area contributed by atoms with E-state index in [2.05, 4.69) is 15.5 Å². The van der Waals surface area contributed by atoms with Crippen molar-refractivity contribution in [3.05, 3.63) is 28.4 Å². The average molecular weight is 353 g/mol. The number of aromatic amines is 1. The fourth-order valence-electron chi connectivity index (χ4n) is 2.02. The lowest BCUT2D eigenvalue weighted by molar-refractivity contribution is -0.136. The first-order valence-corrected chi connectivity index (χ1v) is 8.30. The van der Waals surface area contributed by atoms with Crippen molar-refractivity contribution >= 4 is 29.2 Å². The summed E-state index contributed by atoms with van der Waals surface area (Å²) in [6, 6.07) is 0. The SMILES string of the molecule is CC(C)(CO)C(O)C(=O)NCCSC1=CC(=O)c2[nH]ncc2C1=O. The third-order valence-corrected chi connectivity index (χ3v) is 4.69. The predicted molar refractivity (Wildman–Crippen MR) is 87.7 cm³/mol. The predicted octanol–water partition coefficient (Wildman–Crippen LogP) is -0.0986. The second-order valence-electron chi connectivity index (χ2n) is 6.05. The van der Waals surface area contributed by atoms with Crippen LogP contribution in [0.3, 0.4) is 0 Å². The molecule has 9 heteroatoms. The smallest absolute Gasteiger partial charge is 0.249 e. The van der Waals surface area contributed by atoms with Gasteiger partial charge in [-0.05, 0) is 0 Å². The molecule has 1 atom stereocenters. The lowest BCUT2D eigenvalue weighted by atomic mass is 9.87. The number of carbonyl (C=O) groups is 3. The highest BCUT2D eigenvalue weighted by Gasteiger charge is 2.33. The van der Waals surface area contributed by atoms with Crippen molar-refractivity contribution in [2.45, 2.75) is 20.0 Å². The number of nitrogens with one attached hydrogen (secondary N) is 2. The summed E-state index contributed by atoms with van der Waals surface area (Å²) in [6.45, 7) is 3.03. The van der Waals surface area contributed by atoms with E-state index in [0.29, 0.717) is 10.7 Å². The minimum atomic E-state index is -1.34. The summed E-state index contributed by atoms with van der Waals surface area (Å²) >= 11 is 1.15. The molecule has 130 valence electrons. The number of hydrogen-bond acceptors (Lipinski definition) is 7. The number of allylic oxidation sites excluding steroid dienone is 2. The quantitative estimate of drug-likeness (QED) is 0.503. The Morgan fingerprint density at radius 1 is 1.46 bits per heavy atom. The van der Waals surface area contributed by atoms with Crippen molar-refractivity contribution in [1.29, 1.82) is 0 Å². The van der Waals surface area contributed by atoms with Crippen molar-refractivity contribution in [3.8, 4) is 0 Å². The van der Waals surface area contributed by atoms with Gasteiger partial charge in [-0.1, -0.05) is 13.8 Å². The molecule has 0 bridgehead atoms. The third-order valence-electron chi connectivity index (χ3n) is 3.67. The number of thioether (sulfide) groups is 1. The van der Waals surface area contributed by atoms with Crippen molar-refractivity contribution < 1.29 is 24.6 Å². The Labute approximate surface area is 142 Å². The van der Waals surface area contributed by atoms with E-state index in [0.717, 1.165) is 11.8 Å². The van der Waals surface area contributed by atoms with Gasteiger partial charge in [0.25, 0.3) is 0 Å². The molecule has 0 aromatic carbocycles. The van der Waals surface area contributed by atoms with Crippen LogP contribution in [-0.4, -0.2) is 62.9 Å². The molecule has 1 aromatic rings. The van der Waals surface area contributed by atoms with Crippen LogP contribution in [0.15, 0.2) is 17.2 Å². The largest absolute Gasteiger partial charge is 0.396 e. The molecule has 0 aliphatic heterocycles. The van der Waals surface area contributed by atoms with Crippen molar-refractivity contribution in [3.63, 3.8) is 0 Å². The van der Waals surface area contributed by atoms with E-state index in [4.69, 9.17) is 5.11 Å². The van der Waals surface area contributed by atoms with Crippen LogP contribution in [0.4, 0.5) is 0 Å². The summed E-state index contributed by atoms with van der Waals surface area (Å²) < 4.78 is 0. The number of nitrogens with zero attached hydrogens (tertiary/aromatic N) is 1. The number of amides is 1. The molecule has 1 heterocycles. The number of aliphatic hydroxyl groups is 2. The lowest BCUT2D eigenvalue weighted by Gasteiger charge is -2.27. The molecule has 0 spiro atoms. The van der Waals surface area contributed by atoms with Gasteiger partial charge in [0.2, 0.25) is 17.5 Å². The van der Waals surface area contributed by atoms with E-state index in [1.165, 1.54) is 12.3 Å². The topological polar surface area (TPSA) is 132 Å². The third kappa shape index (κ3) is 3.74. The van der Waals surface area contributed by atoms with E-state index in [1.54, 1.807) is 13.8 Å². The Bertz CT molecular complexity index is 695. The minimum Gasteiger partial charge on any atom is -0.396 e. The second kappa shape index (κ2) is 7.29. The first-order chi connectivity index (χ1) is 11.3. The van der Waals surface area contributed by atoms with Crippen molar-refractivity contribution in [2.24, 2.45) is 5.41 Å². The summed E-state index contributed by atoms with van der Waals surface area (Å²) in [6.07, 6.45) is 1.23. The van der Waals surface area contributed by atoms with Gasteiger partial charge in [-0.3, -0.25) is 19.5 Å². The van der Waals surface area contributed by atoms with E-state index >= 15 is 0 Å². The fourth-order valence-corrected chi connectivity index (χ4v) is 2.87. The average Bonchev–Trinajstić information content (AvgIpc) is 3.05. The van der Waals surface area contributed by atoms with E-state index in [9.17, 15) is 19.5 Å². The fraction of sp³-hybridized carbons (Fsp3) is 0.467. The number of rotatable bonds is 7. The number of carbonyl (C=O) groups excluding carboxylic acids is 3. The van der Waals surface area contributed by atoms with E-state index in [-0.39, 0.29) is 36.0 Å². The number of Topliss-reactive ketones (excluding diaryl/α,β-unsaturated/α-hetero) is 1. The Kier molecular flexibility index (Phi) is 5.58. The zero-order valence-electron chi connectivity index (χ0n) is 13.3. The van der Waals surface area contributed by atoms with Gasteiger partial charge in [0, 0.05) is 23.8 Å². The van der Waals surface area contributed by atoms with Gasteiger partial charge in [-0.25, -0.2) is 0 Å². The van der Waals surface area contributed by atoms with Gasteiger partial charge in [0.15, 0.2) is 0 Å². The van der Waals surface area contributed by atoms with Crippen LogP contribution >= 0.6 is 11.8 Å². The van der Waals surface area contributed by atoms with Crippen molar-refractivity contribution in [1.82, 2.24) is 15.5 Å². The number of H-pyrrole nitrogens is 1. The molecular formula is C15H19N3O5S. The van der Waals surface area contributed by atoms with Crippen LogP contribution in [0.25, 0.3) is 0 Å². The van der Waals surface area contributed by atoms with E-state index in [1.807, 2.05) is 0 Å². The van der Waals surface area contributed by atoms with Gasteiger partial charge in [0.05, 0.1) is 23.3 Å². The Morgan fingerprint density at radius 3 is 2.83 bits per heavy atom. The molecule has 4 N–H and O–H groups in total. The first kappa shape index (κ1) is 18.4. The number of aliphatic hydroxyl groups excluding tert-OH is 2. The summed E-state index contributed by atoms with van der Waals surface area (Å²) in [5.41, 5.74) is -0.510. The highest BCUT2D eigenvalue weighted by Crippen LogP contribution is 2.27. The minimum absolute atomic E-state index is 0.187. The van der Waals surface area contributed by atoms with Crippen LogP contribution < -0.4 is 5.32 Å². The first-order valence-electron chi connectivity index (χ1n) is 7.31. The highest BCUT2D eigenvalue weighted by atomic mass is 32.2. The zero-order chi connectivity index (χ0) is 17.9. The maximum absolute atomic E-state index is 12.2. The standard InChI is InChI=1S/C15H19N3O5S/c1-15(2,7-19)13(22)14(23)16-3-4-24-10-5-9(20)11-8(12(10)21)6-17-18-11/h5-6,13,19,22H,3-4,7H2,1-2H3,(H,16,23)(H,17,18). The number of hydrogen-bond donors (Lipinski definition) is 4. The van der Waals surface area contributed by atoms with Gasteiger partial charge in [0.1, 0.15) is 11.8 Å².